The van der Waals surface area contributed by atoms with Crippen LogP contribution in [0.5, 0.6) is 0 Å². The number of rotatable bonds is 3. The van der Waals surface area contributed by atoms with Crippen molar-refractivity contribution >= 4 is 11.7 Å². The molecular weight excluding hydrogens is 216 g/mol. The third kappa shape index (κ3) is 3.51. The summed E-state index contributed by atoms with van der Waals surface area (Å²) in [5, 5.41) is 3.00. The van der Waals surface area contributed by atoms with E-state index in [0.717, 1.165) is 13.0 Å². The fraction of sp³-hybridized carbons (Fsp3) is 0.308. The summed E-state index contributed by atoms with van der Waals surface area (Å²) in [7, 11) is 3.20. The van der Waals surface area contributed by atoms with Gasteiger partial charge in [-0.1, -0.05) is 17.9 Å². The van der Waals surface area contributed by atoms with Gasteiger partial charge in [-0.05, 0) is 19.2 Å². The molecule has 3 N–H and O–H groups in total. The van der Waals surface area contributed by atoms with Gasteiger partial charge in [0.25, 0.3) is 0 Å². The molecule has 1 rings (SSSR count). The van der Waals surface area contributed by atoms with E-state index in [9.17, 15) is 4.79 Å². The van der Waals surface area contributed by atoms with Crippen molar-refractivity contribution in [2.75, 3.05) is 26.4 Å². The molecule has 17 heavy (non-hydrogen) atoms. The largest absolute Gasteiger partial charge is 0.465 e. The Labute approximate surface area is 101 Å². The average molecular weight is 232 g/mol. The number of nitrogens with one attached hydrogen (secondary N) is 1. The zero-order valence-corrected chi connectivity index (χ0v) is 10.0. The Kier molecular flexibility index (Phi) is 5.05. The van der Waals surface area contributed by atoms with E-state index in [1.165, 1.54) is 7.11 Å². The molecular formula is C13H16N2O2. The minimum atomic E-state index is -0.443. The first kappa shape index (κ1) is 13.1. The summed E-state index contributed by atoms with van der Waals surface area (Å²) in [6.45, 7) is 0.823. The van der Waals surface area contributed by atoms with Gasteiger partial charge in [-0.3, -0.25) is 0 Å². The van der Waals surface area contributed by atoms with Crippen molar-refractivity contribution in [1.29, 1.82) is 0 Å². The van der Waals surface area contributed by atoms with Gasteiger partial charge >= 0.3 is 5.97 Å². The van der Waals surface area contributed by atoms with Crippen molar-refractivity contribution in [3.63, 3.8) is 0 Å². The fourth-order valence-electron chi connectivity index (χ4n) is 1.31. The summed E-state index contributed by atoms with van der Waals surface area (Å²) in [5.74, 6) is 5.48. The normalized spacial score (nSPS) is 9.29. The zero-order valence-electron chi connectivity index (χ0n) is 10.0. The number of nitrogens with two attached hydrogens (primary N) is 1. The molecule has 0 atom stereocenters. The Hall–Kier alpha value is -1.99. The van der Waals surface area contributed by atoms with Gasteiger partial charge in [-0.2, -0.15) is 0 Å². The highest BCUT2D eigenvalue weighted by molar-refractivity contribution is 5.96. The van der Waals surface area contributed by atoms with Gasteiger partial charge in [-0.15, -0.1) is 0 Å². The molecule has 1 aromatic rings. The van der Waals surface area contributed by atoms with Gasteiger partial charge in [0.15, 0.2) is 0 Å². The first-order chi connectivity index (χ1) is 8.20. The molecule has 0 fully saturated rings. The molecule has 0 aliphatic heterocycles. The molecule has 0 spiro atoms. The Morgan fingerprint density at radius 1 is 1.53 bits per heavy atom. The van der Waals surface area contributed by atoms with Crippen LogP contribution in [0.2, 0.25) is 0 Å². The van der Waals surface area contributed by atoms with Gasteiger partial charge in [0.05, 0.1) is 18.4 Å². The molecule has 4 nitrogen and oxygen atoms in total. The molecule has 1 aromatic carbocycles. The van der Waals surface area contributed by atoms with Crippen LogP contribution in [0.3, 0.4) is 0 Å². The Balaban J connectivity index is 2.93. The molecule has 0 unspecified atom stereocenters. The Bertz CT molecular complexity index is 458. The van der Waals surface area contributed by atoms with E-state index in [1.807, 2.05) is 7.05 Å². The fourth-order valence-corrected chi connectivity index (χ4v) is 1.31. The number of hydrogen-bond donors (Lipinski definition) is 2. The summed E-state index contributed by atoms with van der Waals surface area (Å²) in [4.78, 5) is 11.4. The molecule has 0 amide bonds. The molecule has 0 aliphatic carbocycles. The van der Waals surface area contributed by atoms with Crippen LogP contribution in [0.25, 0.3) is 0 Å². The number of para-hydroxylation sites is 1. The smallest absolute Gasteiger partial charge is 0.339 e. The monoisotopic (exact) mass is 232 g/mol. The first-order valence-electron chi connectivity index (χ1n) is 5.31. The summed E-state index contributed by atoms with van der Waals surface area (Å²) in [6.07, 6.45) is 0.735. The van der Waals surface area contributed by atoms with Gasteiger partial charge in [0, 0.05) is 18.5 Å². The second kappa shape index (κ2) is 6.56. The van der Waals surface area contributed by atoms with Crippen LogP contribution in [0.4, 0.5) is 5.69 Å². The standard InChI is InChI=1S/C13H16N2O2/c1-15-9-4-3-6-10-7-5-8-11(12(10)14)13(16)17-2/h5,7-8,15H,4,9,14H2,1-2H3. The van der Waals surface area contributed by atoms with E-state index in [0.29, 0.717) is 16.8 Å². The molecule has 0 heterocycles. The minimum absolute atomic E-state index is 0.355. The maximum absolute atomic E-state index is 11.4. The van der Waals surface area contributed by atoms with E-state index >= 15 is 0 Å². The molecule has 4 heteroatoms. The van der Waals surface area contributed by atoms with Gasteiger partial charge in [0.2, 0.25) is 0 Å². The van der Waals surface area contributed by atoms with Crippen molar-refractivity contribution in [1.82, 2.24) is 5.32 Å². The minimum Gasteiger partial charge on any atom is -0.465 e. The molecule has 0 bridgehead atoms. The van der Waals surface area contributed by atoms with Crippen molar-refractivity contribution in [3.05, 3.63) is 29.3 Å². The summed E-state index contributed by atoms with van der Waals surface area (Å²) >= 11 is 0. The maximum atomic E-state index is 11.4. The maximum Gasteiger partial charge on any atom is 0.339 e. The number of nitrogen functional groups attached to an aromatic ring is 1. The number of carbonyl (C=O) groups is 1. The van der Waals surface area contributed by atoms with E-state index < -0.39 is 5.97 Å². The van der Waals surface area contributed by atoms with Gasteiger partial charge < -0.3 is 15.8 Å². The van der Waals surface area contributed by atoms with E-state index in [4.69, 9.17) is 5.73 Å². The second-order valence-electron chi connectivity index (χ2n) is 3.41. The highest BCUT2D eigenvalue weighted by Gasteiger charge is 2.11. The van der Waals surface area contributed by atoms with Crippen molar-refractivity contribution in [2.45, 2.75) is 6.42 Å². The second-order valence-corrected chi connectivity index (χ2v) is 3.41. The molecule has 0 aliphatic rings. The van der Waals surface area contributed by atoms with Crippen molar-refractivity contribution < 1.29 is 9.53 Å². The van der Waals surface area contributed by atoms with E-state index in [-0.39, 0.29) is 0 Å². The lowest BCUT2D eigenvalue weighted by Gasteiger charge is -2.04. The topological polar surface area (TPSA) is 64.3 Å². The number of ether oxygens (including phenoxy) is 1. The summed E-state index contributed by atoms with van der Waals surface area (Å²) < 4.78 is 4.64. The molecule has 0 aromatic heterocycles. The number of anilines is 1. The predicted molar refractivity (Wildman–Crippen MR) is 67.6 cm³/mol. The average Bonchev–Trinajstić information content (AvgIpc) is 2.35. The third-order valence-electron chi connectivity index (χ3n) is 2.23. The summed E-state index contributed by atoms with van der Waals surface area (Å²) in [6, 6.07) is 5.15. The van der Waals surface area contributed by atoms with Crippen LogP contribution in [-0.4, -0.2) is 26.7 Å². The van der Waals surface area contributed by atoms with Crippen molar-refractivity contribution in [2.24, 2.45) is 0 Å². The molecule has 0 saturated carbocycles. The van der Waals surface area contributed by atoms with E-state index in [2.05, 4.69) is 21.9 Å². The lowest BCUT2D eigenvalue weighted by Crippen LogP contribution is -2.07. The number of carbonyl (C=O) groups excluding carboxylic acids is 1. The zero-order chi connectivity index (χ0) is 12.7. The van der Waals surface area contributed by atoms with Crippen LogP contribution >= 0.6 is 0 Å². The Morgan fingerprint density at radius 3 is 2.94 bits per heavy atom. The number of hydrogen-bond acceptors (Lipinski definition) is 4. The van der Waals surface area contributed by atoms with E-state index in [1.54, 1.807) is 18.2 Å². The quantitative estimate of drug-likeness (QED) is 0.353. The first-order valence-corrected chi connectivity index (χ1v) is 5.31. The van der Waals surface area contributed by atoms with Crippen LogP contribution in [0.1, 0.15) is 22.3 Å². The third-order valence-corrected chi connectivity index (χ3v) is 2.23. The predicted octanol–water partition coefficient (Wildman–Crippen LogP) is 1.02. The molecule has 0 radical (unpaired) electrons. The number of methoxy groups -OCH3 is 1. The van der Waals surface area contributed by atoms with Crippen LogP contribution < -0.4 is 11.1 Å². The lowest BCUT2D eigenvalue weighted by atomic mass is 10.1. The Morgan fingerprint density at radius 2 is 2.29 bits per heavy atom. The van der Waals surface area contributed by atoms with Crippen LogP contribution in [0, 0.1) is 11.8 Å². The van der Waals surface area contributed by atoms with Gasteiger partial charge in [-0.25, -0.2) is 4.79 Å². The number of esters is 1. The van der Waals surface area contributed by atoms with Crippen LogP contribution in [0.15, 0.2) is 18.2 Å². The van der Waals surface area contributed by atoms with Crippen molar-refractivity contribution in [3.8, 4) is 11.8 Å². The summed E-state index contributed by atoms with van der Waals surface area (Å²) in [5.41, 5.74) is 7.24. The van der Waals surface area contributed by atoms with Crippen LogP contribution in [-0.2, 0) is 4.74 Å². The lowest BCUT2D eigenvalue weighted by molar-refractivity contribution is 0.0602. The van der Waals surface area contributed by atoms with Gasteiger partial charge in [0.1, 0.15) is 0 Å². The highest BCUT2D eigenvalue weighted by atomic mass is 16.5. The molecule has 90 valence electrons. The SMILES string of the molecule is CNCCC#Cc1cccc(C(=O)OC)c1N. The molecule has 0 saturated heterocycles. The highest BCUT2D eigenvalue weighted by Crippen LogP contribution is 2.17. The number of benzene rings is 1.